The molecular weight excluding hydrogens is 350 g/mol. The van der Waals surface area contributed by atoms with Crippen LogP contribution in [0.4, 0.5) is 0 Å². The molecule has 2 heterocycles. The highest BCUT2D eigenvalue weighted by Crippen LogP contribution is 2.26. The Balaban J connectivity index is 1.75. The molecule has 0 saturated carbocycles. The Bertz CT molecular complexity index is 661. The predicted molar refractivity (Wildman–Crippen MR) is 83.3 cm³/mol. The molecule has 1 unspecified atom stereocenters. The molecule has 6 nitrogen and oxygen atoms in total. The number of piperidine rings is 1. The molecule has 3 amide bonds. The normalized spacial score (nSPS) is 21.3. The fourth-order valence-electron chi connectivity index (χ4n) is 2.88. The molecular formula is C15H16BrN3O3. The zero-order valence-electron chi connectivity index (χ0n) is 11.9. The summed E-state index contributed by atoms with van der Waals surface area (Å²) < 4.78 is 0.725. The van der Waals surface area contributed by atoms with E-state index in [0.717, 1.165) is 22.2 Å². The van der Waals surface area contributed by atoms with Crippen molar-refractivity contribution in [2.24, 2.45) is 5.73 Å². The van der Waals surface area contributed by atoms with E-state index < -0.39 is 11.8 Å². The second kappa shape index (κ2) is 5.81. The average molecular weight is 366 g/mol. The van der Waals surface area contributed by atoms with Gasteiger partial charge in [0.1, 0.15) is 6.54 Å². The van der Waals surface area contributed by atoms with Gasteiger partial charge < -0.3 is 10.6 Å². The number of rotatable bonds is 2. The largest absolute Gasteiger partial charge is 0.340 e. The summed E-state index contributed by atoms with van der Waals surface area (Å²) in [5.74, 6) is -1.07. The minimum Gasteiger partial charge on any atom is -0.340 e. The molecule has 116 valence electrons. The number of amides is 3. The topological polar surface area (TPSA) is 83.7 Å². The quantitative estimate of drug-likeness (QED) is 0.792. The Labute approximate surface area is 136 Å². The number of benzene rings is 1. The van der Waals surface area contributed by atoms with Crippen LogP contribution in [0.15, 0.2) is 22.7 Å². The number of hydrogen-bond donors (Lipinski definition) is 1. The molecule has 0 spiro atoms. The lowest BCUT2D eigenvalue weighted by Gasteiger charge is -2.31. The van der Waals surface area contributed by atoms with Crippen LogP contribution >= 0.6 is 15.9 Å². The zero-order chi connectivity index (χ0) is 15.9. The minimum atomic E-state index is -0.420. The van der Waals surface area contributed by atoms with Gasteiger partial charge in [0.2, 0.25) is 5.91 Å². The van der Waals surface area contributed by atoms with Crippen molar-refractivity contribution in [2.75, 3.05) is 19.6 Å². The van der Waals surface area contributed by atoms with Gasteiger partial charge in [-0.25, -0.2) is 0 Å². The standard InChI is InChI=1S/C15H16BrN3O3/c16-9-3-4-11-12(6-9)15(22)19(14(11)21)8-13(20)18-5-1-2-10(17)7-18/h3-4,6,10H,1-2,5,7-8,17H2. The van der Waals surface area contributed by atoms with Crippen LogP contribution in [0, 0.1) is 0 Å². The van der Waals surface area contributed by atoms with E-state index in [1.807, 2.05) is 0 Å². The van der Waals surface area contributed by atoms with E-state index in [1.54, 1.807) is 23.1 Å². The number of carbonyl (C=O) groups is 3. The van der Waals surface area contributed by atoms with E-state index in [2.05, 4.69) is 15.9 Å². The molecule has 3 rings (SSSR count). The number of nitrogens with zero attached hydrogens (tertiary/aromatic N) is 2. The number of imide groups is 1. The van der Waals surface area contributed by atoms with Gasteiger partial charge in [-0.1, -0.05) is 15.9 Å². The summed E-state index contributed by atoms with van der Waals surface area (Å²) in [6.07, 6.45) is 1.74. The van der Waals surface area contributed by atoms with Crippen molar-refractivity contribution in [1.82, 2.24) is 9.80 Å². The first-order chi connectivity index (χ1) is 10.5. The van der Waals surface area contributed by atoms with Crippen LogP contribution < -0.4 is 5.73 Å². The lowest BCUT2D eigenvalue weighted by molar-refractivity contribution is -0.132. The molecule has 7 heteroatoms. The highest BCUT2D eigenvalue weighted by atomic mass is 79.9. The van der Waals surface area contributed by atoms with Gasteiger partial charge in [0.25, 0.3) is 11.8 Å². The van der Waals surface area contributed by atoms with Crippen LogP contribution in [0.25, 0.3) is 0 Å². The van der Waals surface area contributed by atoms with Gasteiger partial charge in [-0.05, 0) is 31.0 Å². The molecule has 1 fully saturated rings. The van der Waals surface area contributed by atoms with Crippen molar-refractivity contribution in [3.63, 3.8) is 0 Å². The smallest absolute Gasteiger partial charge is 0.262 e. The minimum absolute atomic E-state index is 0.0316. The Kier molecular flexibility index (Phi) is 4.01. The molecule has 1 aromatic rings. The van der Waals surface area contributed by atoms with Gasteiger partial charge in [-0.15, -0.1) is 0 Å². The molecule has 1 saturated heterocycles. The molecule has 0 bridgehead atoms. The molecule has 2 aliphatic rings. The van der Waals surface area contributed by atoms with Gasteiger partial charge in [0, 0.05) is 23.6 Å². The molecule has 0 aliphatic carbocycles. The third kappa shape index (κ3) is 2.66. The maximum absolute atomic E-state index is 12.3. The van der Waals surface area contributed by atoms with Crippen molar-refractivity contribution in [2.45, 2.75) is 18.9 Å². The van der Waals surface area contributed by atoms with Gasteiger partial charge in [0.05, 0.1) is 11.1 Å². The van der Waals surface area contributed by atoms with Crippen molar-refractivity contribution in [3.8, 4) is 0 Å². The van der Waals surface area contributed by atoms with Gasteiger partial charge >= 0.3 is 0 Å². The summed E-state index contributed by atoms with van der Waals surface area (Å²) >= 11 is 3.28. The predicted octanol–water partition coefficient (Wildman–Crippen LogP) is 0.995. The number of fused-ring (bicyclic) bond motifs is 1. The first kappa shape index (κ1) is 15.2. The summed E-state index contributed by atoms with van der Waals surface area (Å²) in [6.45, 7) is 0.880. The molecule has 2 N–H and O–H groups in total. The van der Waals surface area contributed by atoms with Gasteiger partial charge in [-0.3, -0.25) is 19.3 Å². The maximum Gasteiger partial charge on any atom is 0.262 e. The summed E-state index contributed by atoms with van der Waals surface area (Å²) in [4.78, 5) is 39.6. The number of hydrogen-bond acceptors (Lipinski definition) is 4. The van der Waals surface area contributed by atoms with E-state index in [-0.39, 0.29) is 18.5 Å². The van der Waals surface area contributed by atoms with Gasteiger partial charge in [-0.2, -0.15) is 0 Å². The molecule has 1 aromatic carbocycles. The Morgan fingerprint density at radius 3 is 2.73 bits per heavy atom. The number of carbonyl (C=O) groups excluding carboxylic acids is 3. The molecule has 2 aliphatic heterocycles. The van der Waals surface area contributed by atoms with E-state index >= 15 is 0 Å². The first-order valence-corrected chi connectivity index (χ1v) is 7.96. The third-order valence-corrected chi connectivity index (χ3v) is 4.53. The molecule has 0 aromatic heterocycles. The monoisotopic (exact) mass is 365 g/mol. The van der Waals surface area contributed by atoms with Crippen LogP contribution in [0.2, 0.25) is 0 Å². The van der Waals surface area contributed by atoms with E-state index in [4.69, 9.17) is 5.73 Å². The summed E-state index contributed by atoms with van der Waals surface area (Å²) in [6, 6.07) is 4.88. The Hall–Kier alpha value is -1.73. The van der Waals surface area contributed by atoms with Gasteiger partial charge in [0.15, 0.2) is 0 Å². The fraction of sp³-hybridized carbons (Fsp3) is 0.400. The van der Waals surface area contributed by atoms with Crippen LogP contribution in [0.5, 0.6) is 0 Å². The van der Waals surface area contributed by atoms with Crippen LogP contribution in [-0.4, -0.2) is 53.2 Å². The van der Waals surface area contributed by atoms with Crippen LogP contribution in [0.3, 0.4) is 0 Å². The van der Waals surface area contributed by atoms with E-state index in [1.165, 1.54) is 0 Å². The second-order valence-corrected chi connectivity index (χ2v) is 6.54. The fourth-order valence-corrected chi connectivity index (χ4v) is 3.24. The van der Waals surface area contributed by atoms with Crippen molar-refractivity contribution >= 4 is 33.7 Å². The first-order valence-electron chi connectivity index (χ1n) is 7.16. The highest BCUT2D eigenvalue weighted by molar-refractivity contribution is 9.10. The maximum atomic E-state index is 12.3. The SMILES string of the molecule is NC1CCCN(C(=O)CN2C(=O)c3ccc(Br)cc3C2=O)C1. The van der Waals surface area contributed by atoms with Crippen LogP contribution in [0.1, 0.15) is 33.6 Å². The lowest BCUT2D eigenvalue weighted by Crippen LogP contribution is -2.49. The third-order valence-electron chi connectivity index (χ3n) is 4.04. The van der Waals surface area contributed by atoms with Crippen molar-refractivity contribution in [1.29, 1.82) is 0 Å². The Morgan fingerprint density at radius 2 is 2.00 bits per heavy atom. The molecule has 22 heavy (non-hydrogen) atoms. The number of halogens is 1. The Morgan fingerprint density at radius 1 is 1.27 bits per heavy atom. The molecule has 0 radical (unpaired) electrons. The van der Waals surface area contributed by atoms with E-state index in [0.29, 0.717) is 24.2 Å². The summed E-state index contributed by atoms with van der Waals surface area (Å²) in [5.41, 5.74) is 6.54. The van der Waals surface area contributed by atoms with Crippen molar-refractivity contribution < 1.29 is 14.4 Å². The average Bonchev–Trinajstić information content (AvgIpc) is 2.72. The van der Waals surface area contributed by atoms with Crippen LogP contribution in [-0.2, 0) is 4.79 Å². The second-order valence-electron chi connectivity index (χ2n) is 5.63. The number of likely N-dealkylation sites (tertiary alicyclic amines) is 1. The summed E-state index contributed by atoms with van der Waals surface area (Å²) in [5, 5.41) is 0. The summed E-state index contributed by atoms with van der Waals surface area (Å²) in [7, 11) is 0. The lowest BCUT2D eigenvalue weighted by atomic mass is 10.1. The van der Waals surface area contributed by atoms with Crippen molar-refractivity contribution in [3.05, 3.63) is 33.8 Å². The highest BCUT2D eigenvalue weighted by Gasteiger charge is 2.37. The number of nitrogens with two attached hydrogens (primary N) is 1. The van der Waals surface area contributed by atoms with E-state index in [9.17, 15) is 14.4 Å². The molecule has 1 atom stereocenters. The zero-order valence-corrected chi connectivity index (χ0v) is 13.5.